The first-order valence-electron chi connectivity index (χ1n) is 9.23. The molecule has 0 atom stereocenters. The van der Waals surface area contributed by atoms with Gasteiger partial charge in [-0.25, -0.2) is 4.98 Å². The Morgan fingerprint density at radius 1 is 1.27 bits per heavy atom. The first-order valence-corrected chi connectivity index (χ1v) is 9.61. The summed E-state index contributed by atoms with van der Waals surface area (Å²) in [5.41, 5.74) is 4.89. The summed E-state index contributed by atoms with van der Waals surface area (Å²) < 4.78 is 0. The molecule has 0 amide bonds. The van der Waals surface area contributed by atoms with Gasteiger partial charge in [-0.2, -0.15) is 0 Å². The molecule has 0 saturated heterocycles. The number of halogens is 1. The molecule has 4 rings (SSSR count). The van der Waals surface area contributed by atoms with Crippen molar-refractivity contribution in [2.24, 2.45) is 4.99 Å². The number of hydrogen-bond donors (Lipinski definition) is 1. The molecule has 2 aromatic rings. The van der Waals surface area contributed by atoms with Gasteiger partial charge in [0.25, 0.3) is 5.56 Å². The number of fused-ring (bicyclic) bond motifs is 1. The molecule has 5 nitrogen and oxygen atoms in total. The summed E-state index contributed by atoms with van der Waals surface area (Å²) in [6.07, 6.45) is 3.93. The molecule has 1 aromatic carbocycles. The van der Waals surface area contributed by atoms with E-state index < -0.39 is 0 Å². The molecule has 0 fully saturated rings. The third-order valence-electron chi connectivity index (χ3n) is 5.19. The van der Waals surface area contributed by atoms with Crippen molar-refractivity contribution in [1.29, 1.82) is 0 Å². The molecule has 3 heterocycles. The van der Waals surface area contributed by atoms with Gasteiger partial charge in [0.05, 0.1) is 17.0 Å². The lowest BCUT2D eigenvalue weighted by Gasteiger charge is -2.28. The maximum absolute atomic E-state index is 12.6. The van der Waals surface area contributed by atoms with E-state index in [0.717, 1.165) is 72.9 Å². The van der Waals surface area contributed by atoms with Gasteiger partial charge >= 0.3 is 0 Å². The van der Waals surface area contributed by atoms with E-state index in [1.165, 1.54) is 5.56 Å². The van der Waals surface area contributed by atoms with Crippen molar-refractivity contribution >= 4 is 17.3 Å². The second kappa shape index (κ2) is 7.33. The molecular weight excluding hydrogens is 348 g/mol. The number of rotatable bonds is 3. The number of aryl methyl sites for hydroxylation is 1. The Morgan fingerprint density at radius 2 is 2.15 bits per heavy atom. The van der Waals surface area contributed by atoms with Crippen molar-refractivity contribution in [2.75, 3.05) is 13.1 Å². The van der Waals surface area contributed by atoms with E-state index in [1.54, 1.807) is 0 Å². The lowest BCUT2D eigenvalue weighted by atomic mass is 10.0. The summed E-state index contributed by atoms with van der Waals surface area (Å²) >= 11 is 6.23. The molecule has 0 bridgehead atoms. The topological polar surface area (TPSA) is 61.4 Å². The van der Waals surface area contributed by atoms with E-state index in [4.69, 9.17) is 16.6 Å². The van der Waals surface area contributed by atoms with Gasteiger partial charge in [-0.3, -0.25) is 14.7 Å². The maximum atomic E-state index is 12.6. The molecule has 6 heteroatoms. The fourth-order valence-corrected chi connectivity index (χ4v) is 3.84. The molecular formula is C20H23ClN4O. The molecule has 26 heavy (non-hydrogen) atoms. The third kappa shape index (κ3) is 3.60. The molecule has 1 N–H and O–H groups in total. The van der Waals surface area contributed by atoms with E-state index in [9.17, 15) is 4.79 Å². The molecule has 1 aromatic heterocycles. The summed E-state index contributed by atoms with van der Waals surface area (Å²) in [6.45, 7) is 5.13. The summed E-state index contributed by atoms with van der Waals surface area (Å²) in [5.74, 6) is 0.673. The monoisotopic (exact) mass is 370 g/mol. The zero-order valence-corrected chi connectivity index (χ0v) is 15.8. The van der Waals surface area contributed by atoms with E-state index >= 15 is 0 Å². The van der Waals surface area contributed by atoms with Crippen molar-refractivity contribution < 1.29 is 0 Å². The molecule has 0 aliphatic carbocycles. The number of nitrogens with one attached hydrogen (secondary N) is 1. The number of hydrogen-bond acceptors (Lipinski definition) is 4. The van der Waals surface area contributed by atoms with Gasteiger partial charge < -0.3 is 4.98 Å². The molecule has 2 aliphatic rings. The van der Waals surface area contributed by atoms with Crippen molar-refractivity contribution in [2.45, 2.75) is 45.7 Å². The highest BCUT2D eigenvalue weighted by Crippen LogP contribution is 2.21. The summed E-state index contributed by atoms with van der Waals surface area (Å²) in [6, 6.07) is 6.16. The molecule has 2 aliphatic heterocycles. The lowest BCUT2D eigenvalue weighted by Crippen LogP contribution is -2.36. The second-order valence-corrected chi connectivity index (χ2v) is 7.58. The second-order valence-electron chi connectivity index (χ2n) is 7.17. The van der Waals surface area contributed by atoms with Gasteiger partial charge in [0.15, 0.2) is 5.82 Å². The zero-order valence-electron chi connectivity index (χ0n) is 15.0. The summed E-state index contributed by atoms with van der Waals surface area (Å²) in [7, 11) is 0. The normalized spacial score (nSPS) is 17.7. The third-order valence-corrected chi connectivity index (χ3v) is 5.60. The Kier molecular flexibility index (Phi) is 4.92. The fourth-order valence-electron chi connectivity index (χ4n) is 3.64. The largest absolute Gasteiger partial charge is 0.305 e. The Labute approximate surface area is 158 Å². The van der Waals surface area contributed by atoms with Gasteiger partial charge in [0, 0.05) is 37.6 Å². The minimum Gasteiger partial charge on any atom is -0.305 e. The highest BCUT2D eigenvalue weighted by atomic mass is 35.5. The van der Waals surface area contributed by atoms with Crippen LogP contribution in [0.3, 0.4) is 0 Å². The number of benzene rings is 1. The average Bonchev–Trinajstić information content (AvgIpc) is 2.66. The number of aliphatic imine (C=N–C) groups is 1. The highest BCUT2D eigenvalue weighted by Gasteiger charge is 2.22. The molecule has 0 unspecified atom stereocenters. The van der Waals surface area contributed by atoms with E-state index in [0.29, 0.717) is 12.4 Å². The molecule has 0 saturated carbocycles. The molecule has 136 valence electrons. The van der Waals surface area contributed by atoms with Crippen LogP contribution in [0.15, 0.2) is 28.0 Å². The minimum atomic E-state index is -0.0232. The number of aromatic amines is 1. The van der Waals surface area contributed by atoms with E-state index in [1.807, 2.05) is 19.1 Å². The predicted molar refractivity (Wildman–Crippen MR) is 104 cm³/mol. The van der Waals surface area contributed by atoms with Crippen LogP contribution in [0.4, 0.5) is 0 Å². The highest BCUT2D eigenvalue weighted by molar-refractivity contribution is 6.31. The Morgan fingerprint density at radius 3 is 2.92 bits per heavy atom. The van der Waals surface area contributed by atoms with Gasteiger partial charge in [0.2, 0.25) is 0 Å². The number of H-pyrrole nitrogens is 1. The Balaban J connectivity index is 1.54. The van der Waals surface area contributed by atoms with E-state index in [-0.39, 0.29) is 5.56 Å². The van der Waals surface area contributed by atoms with Crippen molar-refractivity contribution in [1.82, 2.24) is 14.9 Å². The quantitative estimate of drug-likeness (QED) is 0.902. The Bertz CT molecular complexity index is 919. The maximum Gasteiger partial charge on any atom is 0.255 e. The number of aromatic nitrogens is 2. The smallest absolute Gasteiger partial charge is 0.255 e. The number of nitrogens with zero attached hydrogens (tertiary/aromatic N) is 3. The zero-order chi connectivity index (χ0) is 18.1. The fraction of sp³-hybridized carbons (Fsp3) is 0.450. The van der Waals surface area contributed by atoms with Crippen LogP contribution < -0.4 is 5.56 Å². The average molecular weight is 371 g/mol. The van der Waals surface area contributed by atoms with Crippen LogP contribution in [0.25, 0.3) is 0 Å². The molecule has 0 radical (unpaired) electrons. The van der Waals surface area contributed by atoms with E-state index in [2.05, 4.69) is 20.9 Å². The van der Waals surface area contributed by atoms with Crippen molar-refractivity contribution in [3.8, 4) is 0 Å². The van der Waals surface area contributed by atoms with Crippen LogP contribution in [-0.2, 0) is 19.5 Å². The van der Waals surface area contributed by atoms with Crippen LogP contribution in [0, 0.1) is 6.92 Å². The lowest BCUT2D eigenvalue weighted by molar-refractivity contribution is 0.241. The standard InChI is InChI=1S/C20H23ClN4O/c1-13-5-6-14(10-16(13)21)11-25-9-7-17-15(12-25)20(26)24-19(23-17)18-4-2-3-8-22-18/h5-6,10H,2-4,7-9,11-12H2,1H3,(H,23,24,26). The van der Waals surface area contributed by atoms with Crippen molar-refractivity contribution in [3.63, 3.8) is 0 Å². The van der Waals surface area contributed by atoms with Gasteiger partial charge in [-0.1, -0.05) is 23.7 Å². The minimum absolute atomic E-state index is 0.0232. The van der Waals surface area contributed by atoms with Crippen LogP contribution in [0.2, 0.25) is 5.02 Å². The van der Waals surface area contributed by atoms with Gasteiger partial charge in [-0.05, 0) is 43.4 Å². The van der Waals surface area contributed by atoms with Gasteiger partial charge in [0.1, 0.15) is 0 Å². The van der Waals surface area contributed by atoms with Crippen LogP contribution >= 0.6 is 11.6 Å². The first-order chi connectivity index (χ1) is 12.6. The van der Waals surface area contributed by atoms with Crippen molar-refractivity contribution in [3.05, 3.63) is 61.8 Å². The SMILES string of the molecule is Cc1ccc(CN2CCc3nc(C4=NCCCC4)[nH]c(=O)c3C2)cc1Cl. The van der Waals surface area contributed by atoms with Crippen LogP contribution in [0.1, 0.15) is 47.5 Å². The summed E-state index contributed by atoms with van der Waals surface area (Å²) in [4.78, 5) is 27.1. The predicted octanol–water partition coefficient (Wildman–Crippen LogP) is 3.26. The Hall–Kier alpha value is -1.98. The van der Waals surface area contributed by atoms with Crippen LogP contribution in [-0.4, -0.2) is 33.7 Å². The van der Waals surface area contributed by atoms with Crippen LogP contribution in [0.5, 0.6) is 0 Å². The summed E-state index contributed by atoms with van der Waals surface area (Å²) in [5, 5.41) is 0.789. The van der Waals surface area contributed by atoms with Gasteiger partial charge in [-0.15, -0.1) is 0 Å². The first kappa shape index (κ1) is 17.4. The molecule has 0 spiro atoms.